The number of methoxy groups -OCH3 is 1. The number of nitrogens with one attached hydrogen (secondary N) is 3. The van der Waals surface area contributed by atoms with Gasteiger partial charge in [-0.05, 0) is 81.4 Å². The molecule has 3 N–H and O–H groups in total. The Bertz CT molecular complexity index is 1280. The Balaban J connectivity index is 1.43. The average molecular weight is 454 g/mol. The van der Waals surface area contributed by atoms with Gasteiger partial charge in [0.05, 0.1) is 7.11 Å². The molecule has 4 aromatic rings. The summed E-state index contributed by atoms with van der Waals surface area (Å²) in [6.45, 7) is 5.88. The minimum Gasteiger partial charge on any atom is -0.497 e. The number of aromatic nitrogens is 2. The lowest BCUT2D eigenvalue weighted by molar-refractivity contribution is 0.102. The number of hydrogen-bond donors (Lipinski definition) is 3. The molecule has 3 aromatic carbocycles. The fourth-order valence-electron chi connectivity index (χ4n) is 3.59. The molecular weight excluding hydrogens is 426 g/mol. The molecule has 0 fully saturated rings. The van der Waals surface area contributed by atoms with Crippen molar-refractivity contribution in [3.05, 3.63) is 95.2 Å². The Morgan fingerprint density at radius 3 is 1.97 bits per heavy atom. The highest BCUT2D eigenvalue weighted by Crippen LogP contribution is 2.22. The number of hydrogen-bond acceptors (Lipinski definition) is 6. The molecular formula is C27H27N5O2. The van der Waals surface area contributed by atoms with Crippen LogP contribution in [0.3, 0.4) is 0 Å². The Morgan fingerprint density at radius 2 is 1.32 bits per heavy atom. The quantitative estimate of drug-likeness (QED) is 0.311. The van der Waals surface area contributed by atoms with Crippen LogP contribution >= 0.6 is 0 Å². The molecule has 1 amide bonds. The molecule has 0 aliphatic heterocycles. The summed E-state index contributed by atoms with van der Waals surface area (Å²) in [5, 5.41) is 9.44. The molecule has 1 heterocycles. The first-order valence-electron chi connectivity index (χ1n) is 10.9. The highest BCUT2D eigenvalue weighted by atomic mass is 16.5. The second-order valence-corrected chi connectivity index (χ2v) is 8.10. The molecule has 0 aliphatic carbocycles. The van der Waals surface area contributed by atoms with Crippen molar-refractivity contribution in [3.8, 4) is 5.75 Å². The largest absolute Gasteiger partial charge is 0.497 e. The number of anilines is 5. The van der Waals surface area contributed by atoms with Gasteiger partial charge in [-0.3, -0.25) is 4.79 Å². The maximum Gasteiger partial charge on any atom is 0.255 e. The predicted molar refractivity (Wildman–Crippen MR) is 137 cm³/mol. The van der Waals surface area contributed by atoms with E-state index in [4.69, 9.17) is 4.74 Å². The van der Waals surface area contributed by atoms with Crippen molar-refractivity contribution in [2.75, 3.05) is 23.1 Å². The normalized spacial score (nSPS) is 10.5. The molecule has 4 rings (SSSR count). The zero-order valence-corrected chi connectivity index (χ0v) is 19.6. The molecule has 7 nitrogen and oxygen atoms in total. The second kappa shape index (κ2) is 10.0. The van der Waals surface area contributed by atoms with E-state index in [1.807, 2.05) is 93.6 Å². The number of amides is 1. The fraction of sp³-hybridized carbons (Fsp3) is 0.148. The van der Waals surface area contributed by atoms with Crippen molar-refractivity contribution >= 4 is 34.7 Å². The summed E-state index contributed by atoms with van der Waals surface area (Å²) in [6.07, 6.45) is 0. The van der Waals surface area contributed by atoms with Gasteiger partial charge < -0.3 is 20.7 Å². The van der Waals surface area contributed by atoms with Crippen molar-refractivity contribution in [3.63, 3.8) is 0 Å². The molecule has 0 unspecified atom stereocenters. The van der Waals surface area contributed by atoms with Gasteiger partial charge in [0.2, 0.25) is 5.95 Å². The zero-order chi connectivity index (χ0) is 24.1. The Morgan fingerprint density at radius 1 is 0.735 bits per heavy atom. The third kappa shape index (κ3) is 5.89. The van der Waals surface area contributed by atoms with Gasteiger partial charge in [-0.15, -0.1) is 0 Å². The molecule has 34 heavy (non-hydrogen) atoms. The molecule has 0 atom stereocenters. The molecule has 0 aliphatic rings. The van der Waals surface area contributed by atoms with E-state index in [0.29, 0.717) is 23.0 Å². The van der Waals surface area contributed by atoms with Crippen molar-refractivity contribution in [2.24, 2.45) is 0 Å². The molecule has 0 spiro atoms. The van der Waals surface area contributed by atoms with E-state index >= 15 is 0 Å². The minimum absolute atomic E-state index is 0.135. The van der Waals surface area contributed by atoms with E-state index in [2.05, 4.69) is 25.9 Å². The van der Waals surface area contributed by atoms with Crippen LogP contribution in [0.15, 0.2) is 72.8 Å². The van der Waals surface area contributed by atoms with Crippen molar-refractivity contribution in [1.29, 1.82) is 0 Å². The summed E-state index contributed by atoms with van der Waals surface area (Å²) < 4.78 is 5.20. The SMILES string of the molecule is COc1ccc(Nc2cc(C)nc(Nc3ccc(NC(=O)c4cc(C)cc(C)c4)cc3)n2)cc1. The lowest BCUT2D eigenvalue weighted by Gasteiger charge is -2.11. The van der Waals surface area contributed by atoms with Crippen LogP contribution < -0.4 is 20.7 Å². The molecule has 0 saturated carbocycles. The van der Waals surface area contributed by atoms with Crippen LogP contribution in [-0.2, 0) is 0 Å². The first kappa shape index (κ1) is 22.8. The molecule has 7 heteroatoms. The van der Waals surface area contributed by atoms with Crippen LogP contribution in [0, 0.1) is 20.8 Å². The molecule has 172 valence electrons. The number of carbonyl (C=O) groups is 1. The number of benzene rings is 3. The van der Waals surface area contributed by atoms with Crippen LogP contribution in [0.4, 0.5) is 28.8 Å². The van der Waals surface area contributed by atoms with Gasteiger partial charge in [-0.25, -0.2) is 4.98 Å². The van der Waals surface area contributed by atoms with Gasteiger partial charge in [-0.2, -0.15) is 4.98 Å². The summed E-state index contributed by atoms with van der Waals surface area (Å²) in [5.74, 6) is 1.81. The number of rotatable bonds is 7. The summed E-state index contributed by atoms with van der Waals surface area (Å²) in [5.41, 5.74) is 6.00. The van der Waals surface area contributed by atoms with E-state index in [1.165, 1.54) is 0 Å². The zero-order valence-electron chi connectivity index (χ0n) is 19.6. The molecule has 0 radical (unpaired) electrons. The van der Waals surface area contributed by atoms with Crippen LogP contribution in [0.5, 0.6) is 5.75 Å². The van der Waals surface area contributed by atoms with Crippen molar-refractivity contribution < 1.29 is 9.53 Å². The second-order valence-electron chi connectivity index (χ2n) is 8.10. The van der Waals surface area contributed by atoms with E-state index in [0.717, 1.165) is 33.9 Å². The Labute approximate surface area is 199 Å². The van der Waals surface area contributed by atoms with E-state index in [9.17, 15) is 4.79 Å². The molecule has 0 saturated heterocycles. The summed E-state index contributed by atoms with van der Waals surface area (Å²) in [6, 6.07) is 22.7. The predicted octanol–water partition coefficient (Wildman–Crippen LogP) is 6.15. The monoisotopic (exact) mass is 453 g/mol. The number of nitrogens with zero attached hydrogens (tertiary/aromatic N) is 2. The van der Waals surface area contributed by atoms with Crippen LogP contribution in [0.2, 0.25) is 0 Å². The third-order valence-electron chi connectivity index (χ3n) is 5.10. The maximum atomic E-state index is 12.6. The Hall–Kier alpha value is -4.39. The minimum atomic E-state index is -0.135. The van der Waals surface area contributed by atoms with Gasteiger partial charge in [0, 0.05) is 34.4 Å². The van der Waals surface area contributed by atoms with E-state index in [-0.39, 0.29) is 5.91 Å². The highest BCUT2D eigenvalue weighted by Gasteiger charge is 2.08. The fourth-order valence-corrected chi connectivity index (χ4v) is 3.59. The van der Waals surface area contributed by atoms with E-state index in [1.54, 1.807) is 7.11 Å². The Kier molecular flexibility index (Phi) is 6.73. The van der Waals surface area contributed by atoms with Gasteiger partial charge in [0.1, 0.15) is 11.6 Å². The smallest absolute Gasteiger partial charge is 0.255 e. The standard InChI is InChI=1S/C27H27N5O2/c1-17-13-18(2)15-20(14-17)26(33)30-22-5-7-23(8-6-22)31-27-28-19(3)16-25(32-27)29-21-9-11-24(34-4)12-10-21/h5-16H,1-4H3,(H,30,33)(H2,28,29,31,32). The molecule has 1 aromatic heterocycles. The summed E-state index contributed by atoms with van der Waals surface area (Å²) in [4.78, 5) is 21.6. The molecule has 0 bridgehead atoms. The summed E-state index contributed by atoms with van der Waals surface area (Å²) in [7, 11) is 1.64. The van der Waals surface area contributed by atoms with Crippen molar-refractivity contribution in [2.45, 2.75) is 20.8 Å². The van der Waals surface area contributed by atoms with Gasteiger partial charge in [0.15, 0.2) is 0 Å². The van der Waals surface area contributed by atoms with Gasteiger partial charge in [0.25, 0.3) is 5.91 Å². The first-order chi connectivity index (χ1) is 16.4. The first-order valence-corrected chi connectivity index (χ1v) is 10.9. The van der Waals surface area contributed by atoms with Gasteiger partial charge in [-0.1, -0.05) is 17.2 Å². The van der Waals surface area contributed by atoms with Crippen LogP contribution in [0.25, 0.3) is 0 Å². The van der Waals surface area contributed by atoms with E-state index < -0.39 is 0 Å². The topological polar surface area (TPSA) is 88.2 Å². The lowest BCUT2D eigenvalue weighted by Crippen LogP contribution is -2.12. The number of carbonyl (C=O) groups excluding carboxylic acids is 1. The lowest BCUT2D eigenvalue weighted by atomic mass is 10.1. The number of aryl methyl sites for hydroxylation is 3. The maximum absolute atomic E-state index is 12.6. The highest BCUT2D eigenvalue weighted by molar-refractivity contribution is 6.04. The van der Waals surface area contributed by atoms with Gasteiger partial charge >= 0.3 is 0 Å². The van der Waals surface area contributed by atoms with Crippen LogP contribution in [-0.4, -0.2) is 23.0 Å². The third-order valence-corrected chi connectivity index (χ3v) is 5.10. The summed E-state index contributed by atoms with van der Waals surface area (Å²) >= 11 is 0. The average Bonchev–Trinajstić information content (AvgIpc) is 2.80. The number of ether oxygens (including phenoxy) is 1. The van der Waals surface area contributed by atoms with Crippen LogP contribution in [0.1, 0.15) is 27.2 Å². The van der Waals surface area contributed by atoms with Crippen molar-refractivity contribution in [1.82, 2.24) is 9.97 Å².